The molecule has 0 fully saturated rings. The Hall–Kier alpha value is -5.12. The van der Waals surface area contributed by atoms with Crippen molar-refractivity contribution in [2.24, 2.45) is 0 Å². The maximum Gasteiger partial charge on any atom is 0.190 e. The average molecular weight is 542 g/mol. The van der Waals surface area contributed by atoms with Crippen molar-refractivity contribution in [1.29, 1.82) is 0 Å². The zero-order chi connectivity index (χ0) is 26.9. The van der Waals surface area contributed by atoms with Crippen LogP contribution < -0.4 is 0 Å². The molecule has 41 heavy (non-hydrogen) atoms. The van der Waals surface area contributed by atoms with E-state index in [1.165, 1.54) is 70.6 Å². The number of fused-ring (bicyclic) bond motifs is 8. The van der Waals surface area contributed by atoms with Gasteiger partial charge in [-0.15, -0.1) is 0 Å². The minimum atomic E-state index is 0.950. The summed E-state index contributed by atoms with van der Waals surface area (Å²) in [5.74, 6) is 0. The van der Waals surface area contributed by atoms with Crippen LogP contribution in [0.2, 0.25) is 0 Å². The maximum atomic E-state index is 6.17. The van der Waals surface area contributed by atoms with Crippen LogP contribution in [0, 0.1) is 0 Å². The van der Waals surface area contributed by atoms with Crippen LogP contribution in [-0.2, 0) is 0 Å². The molecule has 0 aliphatic carbocycles. The lowest BCUT2D eigenvalue weighted by molar-refractivity contribution is 0.678. The number of rotatable bonds is 3. The van der Waals surface area contributed by atoms with Crippen LogP contribution in [0.5, 0.6) is 0 Å². The fourth-order valence-corrected chi connectivity index (χ4v) is 7.41. The van der Waals surface area contributed by atoms with Crippen LogP contribution in [0.25, 0.3) is 81.1 Å². The molecule has 0 saturated heterocycles. The third-order valence-corrected chi connectivity index (χ3v) is 9.28. The minimum absolute atomic E-state index is 0.950. The number of nitrogens with zero attached hydrogens (tertiary/aromatic N) is 1. The van der Waals surface area contributed by atoms with Gasteiger partial charge < -0.3 is 8.98 Å². The molecule has 0 N–H and O–H groups in total. The van der Waals surface area contributed by atoms with Gasteiger partial charge in [-0.3, -0.25) is 0 Å². The molecule has 0 bridgehead atoms. The van der Waals surface area contributed by atoms with Crippen molar-refractivity contribution >= 4 is 64.5 Å². The molecule has 3 heterocycles. The third-order valence-electron chi connectivity index (χ3n) is 8.23. The Morgan fingerprint density at radius 3 is 1.83 bits per heavy atom. The number of para-hydroxylation sites is 3. The summed E-state index contributed by atoms with van der Waals surface area (Å²) in [6.45, 7) is 0. The highest BCUT2D eigenvalue weighted by molar-refractivity contribution is 7.25. The Balaban J connectivity index is 1.17. The first kappa shape index (κ1) is 22.7. The van der Waals surface area contributed by atoms with Gasteiger partial charge in [0, 0.05) is 37.3 Å². The quantitative estimate of drug-likeness (QED) is 0.217. The fraction of sp³-hybridized carbons (Fsp3) is 0. The maximum absolute atomic E-state index is 6.17. The molecule has 3 aromatic heterocycles. The van der Waals surface area contributed by atoms with E-state index in [4.69, 9.17) is 4.42 Å². The smallest absolute Gasteiger partial charge is 0.190 e. The Kier molecular flexibility index (Phi) is 4.80. The van der Waals surface area contributed by atoms with Gasteiger partial charge in [-0.2, -0.15) is 0 Å². The van der Waals surface area contributed by atoms with Crippen LogP contribution in [0.3, 0.4) is 0 Å². The topological polar surface area (TPSA) is 18.1 Å². The molecule has 3 heteroatoms. The van der Waals surface area contributed by atoms with Crippen LogP contribution in [-0.4, -0.2) is 4.57 Å². The zero-order valence-corrected chi connectivity index (χ0v) is 22.9. The minimum Gasteiger partial charge on any atom is -0.445 e. The van der Waals surface area contributed by atoms with E-state index in [1.54, 1.807) is 11.3 Å². The predicted molar refractivity (Wildman–Crippen MR) is 174 cm³/mol. The molecule has 9 aromatic rings. The van der Waals surface area contributed by atoms with E-state index in [0.29, 0.717) is 0 Å². The number of benzene rings is 6. The van der Waals surface area contributed by atoms with Gasteiger partial charge in [0.1, 0.15) is 5.58 Å². The van der Waals surface area contributed by atoms with Gasteiger partial charge in [-0.05, 0) is 70.8 Å². The van der Waals surface area contributed by atoms with Gasteiger partial charge in [0.15, 0.2) is 4.90 Å². The number of hydrogen-bond donors (Lipinski definition) is 0. The van der Waals surface area contributed by atoms with E-state index < -0.39 is 0 Å². The van der Waals surface area contributed by atoms with Crippen molar-refractivity contribution in [3.63, 3.8) is 0 Å². The Morgan fingerprint density at radius 2 is 1.07 bits per heavy atom. The van der Waals surface area contributed by atoms with Crippen LogP contribution in [0.4, 0.5) is 0 Å². The highest BCUT2D eigenvalue weighted by atomic mass is 32.1. The first-order valence-corrected chi connectivity index (χ1v) is 14.7. The summed E-state index contributed by atoms with van der Waals surface area (Å²) in [5, 5.41) is 6.21. The van der Waals surface area contributed by atoms with Gasteiger partial charge in [-0.1, -0.05) is 102 Å². The highest BCUT2D eigenvalue weighted by Gasteiger charge is 2.15. The number of hydrogen-bond acceptors (Lipinski definition) is 2. The van der Waals surface area contributed by atoms with Gasteiger partial charge in [0.05, 0.1) is 11.0 Å². The average Bonchev–Trinajstić information content (AvgIpc) is 3.69. The Labute approximate surface area is 240 Å². The van der Waals surface area contributed by atoms with Crippen molar-refractivity contribution in [2.45, 2.75) is 0 Å². The van der Waals surface area contributed by atoms with Gasteiger partial charge in [-0.25, -0.2) is 0 Å². The van der Waals surface area contributed by atoms with E-state index in [0.717, 1.165) is 10.5 Å². The number of furan rings is 1. The summed E-state index contributed by atoms with van der Waals surface area (Å²) in [6.07, 6.45) is 0. The molecule has 2 nitrogen and oxygen atoms in total. The molecule has 9 rings (SSSR count). The Bertz CT molecular complexity index is 2380. The first-order valence-electron chi connectivity index (χ1n) is 13.9. The summed E-state index contributed by atoms with van der Waals surface area (Å²) in [4.78, 5) is 0.994. The second-order valence-electron chi connectivity index (χ2n) is 10.6. The molecule has 192 valence electrons. The van der Waals surface area contributed by atoms with Crippen LogP contribution in [0.15, 0.2) is 144 Å². The zero-order valence-electron chi connectivity index (χ0n) is 22.0. The van der Waals surface area contributed by atoms with Crippen molar-refractivity contribution in [3.05, 3.63) is 140 Å². The van der Waals surface area contributed by atoms with E-state index >= 15 is 0 Å². The predicted octanol–water partition coefficient (Wildman–Crippen LogP) is 11.2. The molecular formula is C38H23NOS. The second kappa shape index (κ2) is 8.69. The highest BCUT2D eigenvalue weighted by Crippen LogP contribution is 2.42. The monoisotopic (exact) mass is 541 g/mol. The largest absolute Gasteiger partial charge is 0.445 e. The molecule has 0 radical (unpaired) electrons. The summed E-state index contributed by atoms with van der Waals surface area (Å²) in [5.41, 5.74) is 9.39. The lowest BCUT2D eigenvalue weighted by atomic mass is 9.97. The van der Waals surface area contributed by atoms with E-state index in [9.17, 15) is 0 Å². The van der Waals surface area contributed by atoms with Crippen molar-refractivity contribution in [1.82, 2.24) is 4.57 Å². The van der Waals surface area contributed by atoms with Crippen LogP contribution in [0.1, 0.15) is 0 Å². The third kappa shape index (κ3) is 3.43. The van der Waals surface area contributed by atoms with Gasteiger partial charge >= 0.3 is 0 Å². The fourth-order valence-electron chi connectivity index (χ4n) is 6.35. The lowest BCUT2D eigenvalue weighted by Gasteiger charge is -2.11. The van der Waals surface area contributed by atoms with Crippen molar-refractivity contribution < 1.29 is 4.42 Å². The first-order chi connectivity index (χ1) is 20.3. The molecular weight excluding hydrogens is 518 g/mol. The number of thiophene rings is 1. The summed E-state index contributed by atoms with van der Waals surface area (Å²) in [6, 6.07) is 50.2. The Morgan fingerprint density at radius 1 is 0.463 bits per heavy atom. The summed E-state index contributed by atoms with van der Waals surface area (Å²) in [7, 11) is 0. The van der Waals surface area contributed by atoms with Crippen LogP contribution >= 0.6 is 11.3 Å². The molecule has 6 aromatic carbocycles. The summed E-state index contributed by atoms with van der Waals surface area (Å²) >= 11 is 1.72. The molecule has 0 unspecified atom stereocenters. The molecule has 0 atom stereocenters. The normalized spacial score (nSPS) is 11.9. The molecule has 0 amide bonds. The van der Waals surface area contributed by atoms with E-state index in [-0.39, 0.29) is 0 Å². The van der Waals surface area contributed by atoms with Gasteiger partial charge in [0.2, 0.25) is 0 Å². The van der Waals surface area contributed by atoms with Crippen molar-refractivity contribution in [3.8, 4) is 27.9 Å². The van der Waals surface area contributed by atoms with Crippen molar-refractivity contribution in [2.75, 3.05) is 0 Å². The standard InChI is InChI=1S/C38H23NOS/c1-4-16-33-29(13-1)30-14-2-5-17-34(30)39(33)28-12-8-11-26(22-28)24-9-7-10-25(21-24)27-19-20-36-32(23-27)37-31-15-3-6-18-35(31)40-38(37)41-36/h1-23H. The second-order valence-corrected chi connectivity index (χ2v) is 11.6. The summed E-state index contributed by atoms with van der Waals surface area (Å²) < 4.78 is 9.80. The lowest BCUT2D eigenvalue weighted by Crippen LogP contribution is -1.94. The molecule has 0 saturated carbocycles. The number of aromatic nitrogens is 1. The molecule has 0 aliphatic heterocycles. The van der Waals surface area contributed by atoms with Gasteiger partial charge in [0.25, 0.3) is 0 Å². The molecule has 0 aliphatic rings. The molecule has 0 spiro atoms. The van der Waals surface area contributed by atoms with E-state index in [1.807, 2.05) is 6.07 Å². The SMILES string of the molecule is c1cc(-c2cccc(-n3c4ccccc4c4ccccc43)c2)cc(-c2ccc3sc4oc5ccccc5c4c3c2)c1. The van der Waals surface area contributed by atoms with E-state index in [2.05, 4.69) is 138 Å².